The van der Waals surface area contributed by atoms with Gasteiger partial charge < -0.3 is 5.32 Å². The summed E-state index contributed by atoms with van der Waals surface area (Å²) in [6, 6.07) is 2.79. The molecular weight excluding hydrogens is 284 g/mol. The fraction of sp³-hybridized carbons (Fsp3) is 0.667. The lowest BCUT2D eigenvalue weighted by molar-refractivity contribution is 0.190. The maximum atomic E-state index is 3.50. The van der Waals surface area contributed by atoms with Crippen molar-refractivity contribution in [2.75, 3.05) is 20.6 Å². The molecule has 0 saturated heterocycles. The van der Waals surface area contributed by atoms with Crippen molar-refractivity contribution in [1.82, 2.24) is 10.2 Å². The van der Waals surface area contributed by atoms with Gasteiger partial charge in [-0.25, -0.2) is 0 Å². The molecule has 0 bridgehead atoms. The zero-order valence-corrected chi connectivity index (χ0v) is 12.9. The first-order valence-corrected chi connectivity index (χ1v) is 7.29. The Morgan fingerprint density at radius 2 is 2.19 bits per heavy atom. The van der Waals surface area contributed by atoms with E-state index in [1.165, 1.54) is 9.35 Å². The highest BCUT2D eigenvalue weighted by atomic mass is 79.9. The molecule has 1 N–H and O–H groups in total. The number of nitrogens with one attached hydrogen (secondary N) is 1. The third kappa shape index (κ3) is 4.17. The number of thiophene rings is 1. The molecule has 0 amide bonds. The maximum absolute atomic E-state index is 3.50. The number of rotatable bonds is 6. The molecule has 0 spiro atoms. The lowest BCUT2D eigenvalue weighted by Crippen LogP contribution is -2.37. The third-order valence-electron chi connectivity index (χ3n) is 3.10. The van der Waals surface area contributed by atoms with Gasteiger partial charge in [0.05, 0.1) is 3.79 Å². The smallest absolute Gasteiger partial charge is 0.0701 e. The van der Waals surface area contributed by atoms with E-state index in [-0.39, 0.29) is 0 Å². The molecule has 16 heavy (non-hydrogen) atoms. The summed E-state index contributed by atoms with van der Waals surface area (Å²) in [4.78, 5) is 2.41. The minimum atomic E-state index is 0.589. The average molecular weight is 305 g/mol. The van der Waals surface area contributed by atoms with Gasteiger partial charge in [-0.3, -0.25) is 4.90 Å². The van der Waals surface area contributed by atoms with Crippen molar-refractivity contribution in [2.24, 2.45) is 5.92 Å². The van der Waals surface area contributed by atoms with Crippen LogP contribution in [0, 0.1) is 5.92 Å². The Bertz CT molecular complexity index is 314. The molecular formula is C12H21BrN2S. The van der Waals surface area contributed by atoms with Crippen LogP contribution in [0.2, 0.25) is 0 Å². The van der Waals surface area contributed by atoms with Crippen LogP contribution in [0.25, 0.3) is 0 Å². The lowest BCUT2D eigenvalue weighted by atomic mass is 10.0. The summed E-state index contributed by atoms with van der Waals surface area (Å²) in [5.41, 5.74) is 1.39. The van der Waals surface area contributed by atoms with Crippen LogP contribution in [-0.4, -0.2) is 31.6 Å². The van der Waals surface area contributed by atoms with Gasteiger partial charge in [0.15, 0.2) is 0 Å². The van der Waals surface area contributed by atoms with Crippen molar-refractivity contribution < 1.29 is 0 Å². The molecule has 1 rings (SSSR count). The molecule has 1 aromatic rings. The van der Waals surface area contributed by atoms with E-state index in [9.17, 15) is 0 Å². The fourth-order valence-corrected chi connectivity index (χ4v) is 2.99. The van der Waals surface area contributed by atoms with Crippen LogP contribution in [-0.2, 0) is 6.54 Å². The van der Waals surface area contributed by atoms with Crippen LogP contribution in [0.3, 0.4) is 0 Å². The van der Waals surface area contributed by atoms with Crippen molar-refractivity contribution in [1.29, 1.82) is 0 Å². The van der Waals surface area contributed by atoms with E-state index < -0.39 is 0 Å². The first-order chi connectivity index (χ1) is 7.54. The molecule has 0 aliphatic heterocycles. The van der Waals surface area contributed by atoms with E-state index in [4.69, 9.17) is 0 Å². The highest BCUT2D eigenvalue weighted by Gasteiger charge is 2.16. The number of hydrogen-bond acceptors (Lipinski definition) is 3. The van der Waals surface area contributed by atoms with E-state index in [2.05, 4.69) is 58.5 Å². The number of halogens is 1. The fourth-order valence-electron chi connectivity index (χ4n) is 1.79. The molecule has 2 nitrogen and oxygen atoms in total. The van der Waals surface area contributed by atoms with E-state index in [0.717, 1.165) is 13.1 Å². The van der Waals surface area contributed by atoms with Gasteiger partial charge >= 0.3 is 0 Å². The molecule has 0 radical (unpaired) electrons. The average Bonchev–Trinajstić information content (AvgIpc) is 2.63. The molecule has 92 valence electrons. The van der Waals surface area contributed by atoms with Crippen LogP contribution in [0.15, 0.2) is 15.2 Å². The zero-order valence-electron chi connectivity index (χ0n) is 10.5. The third-order valence-corrected chi connectivity index (χ3v) is 4.65. The van der Waals surface area contributed by atoms with Crippen molar-refractivity contribution in [2.45, 2.75) is 26.4 Å². The van der Waals surface area contributed by atoms with Crippen LogP contribution >= 0.6 is 27.3 Å². The monoisotopic (exact) mass is 304 g/mol. The Labute approximate surface area is 111 Å². The predicted molar refractivity (Wildman–Crippen MR) is 76.0 cm³/mol. The lowest BCUT2D eigenvalue weighted by Gasteiger charge is -2.29. The number of nitrogens with zero attached hydrogens (tertiary/aromatic N) is 1. The molecule has 2 atom stereocenters. The molecule has 0 aliphatic carbocycles. The van der Waals surface area contributed by atoms with Crippen molar-refractivity contribution >= 4 is 27.3 Å². The Hall–Kier alpha value is 0.100. The molecule has 2 unspecified atom stereocenters. The van der Waals surface area contributed by atoms with Crippen molar-refractivity contribution in [3.63, 3.8) is 0 Å². The summed E-state index contributed by atoms with van der Waals surface area (Å²) in [5, 5.41) is 5.46. The van der Waals surface area contributed by atoms with Crippen LogP contribution in [0.5, 0.6) is 0 Å². The van der Waals surface area contributed by atoms with Gasteiger partial charge in [0.1, 0.15) is 0 Å². The normalized spacial score (nSPS) is 15.4. The SMILES string of the molecule is CNCC(C)C(C)N(C)Cc1csc(Br)c1. The van der Waals surface area contributed by atoms with Gasteiger partial charge in [-0.2, -0.15) is 0 Å². The molecule has 0 aromatic carbocycles. The van der Waals surface area contributed by atoms with Gasteiger partial charge in [-0.15, -0.1) is 11.3 Å². The molecule has 4 heteroatoms. The largest absolute Gasteiger partial charge is 0.319 e. The van der Waals surface area contributed by atoms with Gasteiger partial charge in [0.2, 0.25) is 0 Å². The van der Waals surface area contributed by atoms with Crippen LogP contribution < -0.4 is 5.32 Å². The Morgan fingerprint density at radius 1 is 1.50 bits per heavy atom. The maximum Gasteiger partial charge on any atom is 0.0701 e. The van der Waals surface area contributed by atoms with Gasteiger partial charge in [0, 0.05) is 12.6 Å². The van der Waals surface area contributed by atoms with Crippen LogP contribution in [0.1, 0.15) is 19.4 Å². The Morgan fingerprint density at radius 3 is 2.69 bits per heavy atom. The molecule has 0 saturated carbocycles. The zero-order chi connectivity index (χ0) is 12.1. The first-order valence-electron chi connectivity index (χ1n) is 5.62. The Balaban J connectivity index is 2.48. The van der Waals surface area contributed by atoms with E-state index in [0.29, 0.717) is 12.0 Å². The highest BCUT2D eigenvalue weighted by Crippen LogP contribution is 2.22. The summed E-state index contributed by atoms with van der Waals surface area (Å²) in [6.07, 6.45) is 0. The first kappa shape index (κ1) is 14.2. The summed E-state index contributed by atoms with van der Waals surface area (Å²) >= 11 is 5.26. The van der Waals surface area contributed by atoms with E-state index in [1.54, 1.807) is 11.3 Å². The topological polar surface area (TPSA) is 15.3 Å². The Kier molecular flexibility index (Phi) is 5.97. The minimum Gasteiger partial charge on any atom is -0.319 e. The second-order valence-electron chi connectivity index (χ2n) is 4.45. The second kappa shape index (κ2) is 6.74. The van der Waals surface area contributed by atoms with Gasteiger partial charge in [-0.05, 0) is 66.4 Å². The second-order valence-corrected chi connectivity index (χ2v) is 6.74. The van der Waals surface area contributed by atoms with Crippen molar-refractivity contribution in [3.8, 4) is 0 Å². The summed E-state index contributed by atoms with van der Waals surface area (Å²) < 4.78 is 1.21. The van der Waals surface area contributed by atoms with Gasteiger partial charge in [-0.1, -0.05) is 6.92 Å². The summed E-state index contributed by atoms with van der Waals surface area (Å²) in [5.74, 6) is 0.664. The molecule has 1 aromatic heterocycles. The molecule has 0 fully saturated rings. The predicted octanol–water partition coefficient (Wildman–Crippen LogP) is 3.19. The van der Waals surface area contributed by atoms with Gasteiger partial charge in [0.25, 0.3) is 0 Å². The quantitative estimate of drug-likeness (QED) is 0.868. The summed E-state index contributed by atoms with van der Waals surface area (Å²) in [6.45, 7) is 6.68. The standard InChI is InChI=1S/C12H21BrN2S/c1-9(6-14-3)10(2)15(4)7-11-5-12(13)16-8-11/h5,8-10,14H,6-7H2,1-4H3. The number of hydrogen-bond donors (Lipinski definition) is 1. The molecule has 0 aliphatic rings. The summed E-state index contributed by atoms with van der Waals surface area (Å²) in [7, 11) is 4.21. The van der Waals surface area contributed by atoms with E-state index in [1.807, 2.05) is 7.05 Å². The van der Waals surface area contributed by atoms with Crippen LogP contribution in [0.4, 0.5) is 0 Å². The van der Waals surface area contributed by atoms with Crippen molar-refractivity contribution in [3.05, 3.63) is 20.8 Å². The van der Waals surface area contributed by atoms with E-state index >= 15 is 0 Å². The molecule has 1 heterocycles. The highest BCUT2D eigenvalue weighted by molar-refractivity contribution is 9.11. The minimum absolute atomic E-state index is 0.589.